The van der Waals surface area contributed by atoms with E-state index >= 15 is 0 Å². The molecule has 1 saturated heterocycles. The molecule has 29 heavy (non-hydrogen) atoms. The standard InChI is InChI=1S/C22H21N5O2/c1-29-21-19-13-18(5-6-20(19)23-15-24-21)25-8-10-26(11-9-25)22(28)16-12-17-4-2-3-7-27(17)14-16/h2-7,12-15H,8-11H2,1H3. The third kappa shape index (κ3) is 3.14. The summed E-state index contributed by atoms with van der Waals surface area (Å²) < 4.78 is 7.35. The van der Waals surface area contributed by atoms with Gasteiger partial charge >= 0.3 is 0 Å². The molecule has 1 amide bonds. The lowest BCUT2D eigenvalue weighted by Gasteiger charge is -2.36. The van der Waals surface area contributed by atoms with E-state index in [1.807, 2.05) is 52.0 Å². The normalized spacial score (nSPS) is 14.5. The van der Waals surface area contributed by atoms with Crippen molar-refractivity contribution in [3.63, 3.8) is 0 Å². The highest BCUT2D eigenvalue weighted by Gasteiger charge is 2.23. The van der Waals surface area contributed by atoms with Crippen LogP contribution in [0.25, 0.3) is 16.4 Å². The molecule has 7 nitrogen and oxygen atoms in total. The molecule has 0 spiro atoms. The molecule has 1 aliphatic heterocycles. The smallest absolute Gasteiger partial charge is 0.255 e. The van der Waals surface area contributed by atoms with Crippen molar-refractivity contribution in [3.05, 3.63) is 66.7 Å². The van der Waals surface area contributed by atoms with Gasteiger partial charge in [0.15, 0.2) is 0 Å². The number of ether oxygens (including phenoxy) is 1. The zero-order valence-electron chi connectivity index (χ0n) is 16.2. The summed E-state index contributed by atoms with van der Waals surface area (Å²) in [7, 11) is 1.62. The van der Waals surface area contributed by atoms with Crippen LogP contribution < -0.4 is 9.64 Å². The SMILES string of the molecule is COc1ncnc2ccc(N3CCN(C(=O)c4cc5ccccn5c4)CC3)cc12. The molecule has 3 aromatic heterocycles. The highest BCUT2D eigenvalue weighted by atomic mass is 16.5. The van der Waals surface area contributed by atoms with Gasteiger partial charge in [0, 0.05) is 49.8 Å². The number of rotatable bonds is 3. The Balaban J connectivity index is 1.32. The van der Waals surface area contributed by atoms with Crippen LogP contribution in [-0.2, 0) is 0 Å². The van der Waals surface area contributed by atoms with Crippen LogP contribution >= 0.6 is 0 Å². The van der Waals surface area contributed by atoms with Crippen LogP contribution in [0.15, 0.2) is 61.2 Å². The van der Waals surface area contributed by atoms with Crippen LogP contribution in [0, 0.1) is 0 Å². The molecule has 7 heteroatoms. The quantitative estimate of drug-likeness (QED) is 0.541. The van der Waals surface area contributed by atoms with Crippen molar-refractivity contribution < 1.29 is 9.53 Å². The summed E-state index contributed by atoms with van der Waals surface area (Å²) in [4.78, 5) is 25.6. The highest BCUT2D eigenvalue weighted by Crippen LogP contribution is 2.27. The topological polar surface area (TPSA) is 63.0 Å². The van der Waals surface area contributed by atoms with Gasteiger partial charge in [-0.15, -0.1) is 0 Å². The number of fused-ring (bicyclic) bond motifs is 2. The van der Waals surface area contributed by atoms with Gasteiger partial charge in [-0.2, -0.15) is 0 Å². The Kier molecular flexibility index (Phi) is 4.27. The zero-order valence-corrected chi connectivity index (χ0v) is 16.2. The number of carbonyl (C=O) groups excluding carboxylic acids is 1. The minimum Gasteiger partial charge on any atom is -0.480 e. The molecule has 0 aliphatic carbocycles. The molecule has 1 fully saturated rings. The average Bonchev–Trinajstić information content (AvgIpc) is 3.22. The van der Waals surface area contributed by atoms with Crippen molar-refractivity contribution in [1.29, 1.82) is 0 Å². The molecule has 0 N–H and O–H groups in total. The molecule has 0 saturated carbocycles. The number of aromatic nitrogens is 3. The van der Waals surface area contributed by atoms with Gasteiger partial charge in [0.2, 0.25) is 5.88 Å². The first kappa shape index (κ1) is 17.5. The van der Waals surface area contributed by atoms with Crippen molar-refractivity contribution >= 4 is 28.0 Å². The van der Waals surface area contributed by atoms with Crippen LogP contribution in [0.1, 0.15) is 10.4 Å². The lowest BCUT2D eigenvalue weighted by atomic mass is 10.1. The predicted octanol–water partition coefficient (Wildman–Crippen LogP) is 2.85. The lowest BCUT2D eigenvalue weighted by molar-refractivity contribution is 0.0747. The van der Waals surface area contributed by atoms with Gasteiger partial charge in [-0.05, 0) is 36.4 Å². The summed E-state index contributed by atoms with van der Waals surface area (Å²) in [5, 5.41) is 0.895. The van der Waals surface area contributed by atoms with E-state index in [0.29, 0.717) is 19.0 Å². The number of carbonyl (C=O) groups is 1. The van der Waals surface area contributed by atoms with Gasteiger partial charge in [0.1, 0.15) is 6.33 Å². The van der Waals surface area contributed by atoms with Crippen LogP contribution in [0.2, 0.25) is 0 Å². The first-order chi connectivity index (χ1) is 14.2. The second kappa shape index (κ2) is 7.09. The number of methoxy groups -OCH3 is 1. The Morgan fingerprint density at radius 3 is 2.69 bits per heavy atom. The third-order valence-corrected chi connectivity index (χ3v) is 5.46. The van der Waals surface area contributed by atoms with E-state index in [1.54, 1.807) is 7.11 Å². The third-order valence-electron chi connectivity index (χ3n) is 5.46. The summed E-state index contributed by atoms with van der Waals surface area (Å²) >= 11 is 0. The fourth-order valence-electron chi connectivity index (χ4n) is 3.90. The fraction of sp³-hybridized carbons (Fsp3) is 0.227. The molecule has 0 atom stereocenters. The Morgan fingerprint density at radius 2 is 1.90 bits per heavy atom. The maximum Gasteiger partial charge on any atom is 0.255 e. The second-order valence-electron chi connectivity index (χ2n) is 7.13. The summed E-state index contributed by atoms with van der Waals surface area (Å²) in [6.07, 6.45) is 5.37. The van der Waals surface area contributed by atoms with E-state index in [2.05, 4.69) is 27.0 Å². The maximum atomic E-state index is 12.9. The minimum absolute atomic E-state index is 0.0851. The number of nitrogens with zero attached hydrogens (tertiary/aromatic N) is 5. The number of benzene rings is 1. The highest BCUT2D eigenvalue weighted by molar-refractivity contribution is 5.96. The Bertz CT molecular complexity index is 1160. The largest absolute Gasteiger partial charge is 0.480 e. The van der Waals surface area contributed by atoms with Gasteiger partial charge in [0.05, 0.1) is 23.6 Å². The van der Waals surface area contributed by atoms with E-state index in [9.17, 15) is 4.79 Å². The van der Waals surface area contributed by atoms with Crippen LogP contribution in [0.5, 0.6) is 5.88 Å². The average molecular weight is 387 g/mol. The van der Waals surface area contributed by atoms with Gasteiger partial charge < -0.3 is 18.9 Å². The number of amides is 1. The van der Waals surface area contributed by atoms with Crippen molar-refractivity contribution in [1.82, 2.24) is 19.3 Å². The molecule has 1 aromatic carbocycles. The Morgan fingerprint density at radius 1 is 1.03 bits per heavy atom. The van der Waals surface area contributed by atoms with Crippen molar-refractivity contribution in [2.75, 3.05) is 38.2 Å². The van der Waals surface area contributed by atoms with E-state index in [0.717, 1.165) is 40.8 Å². The van der Waals surface area contributed by atoms with Crippen LogP contribution in [-0.4, -0.2) is 58.5 Å². The van der Waals surface area contributed by atoms with Gasteiger partial charge in [-0.1, -0.05) is 6.07 Å². The van der Waals surface area contributed by atoms with E-state index in [1.165, 1.54) is 6.33 Å². The van der Waals surface area contributed by atoms with Crippen molar-refractivity contribution in [2.45, 2.75) is 0 Å². The van der Waals surface area contributed by atoms with E-state index in [4.69, 9.17) is 4.74 Å². The number of anilines is 1. The minimum atomic E-state index is 0.0851. The lowest BCUT2D eigenvalue weighted by Crippen LogP contribution is -2.48. The molecule has 0 radical (unpaired) electrons. The zero-order chi connectivity index (χ0) is 19.8. The van der Waals surface area contributed by atoms with Gasteiger partial charge in [-0.25, -0.2) is 9.97 Å². The Labute approximate surface area is 168 Å². The maximum absolute atomic E-state index is 12.9. The fourth-order valence-corrected chi connectivity index (χ4v) is 3.90. The first-order valence-electron chi connectivity index (χ1n) is 9.62. The molecular weight excluding hydrogens is 366 g/mol. The number of hydrogen-bond donors (Lipinski definition) is 0. The molecule has 1 aliphatic rings. The molecule has 5 rings (SSSR count). The summed E-state index contributed by atoms with van der Waals surface area (Å²) in [6, 6.07) is 14.0. The first-order valence-corrected chi connectivity index (χ1v) is 9.62. The van der Waals surface area contributed by atoms with E-state index < -0.39 is 0 Å². The number of piperazine rings is 1. The molecular formula is C22H21N5O2. The van der Waals surface area contributed by atoms with Crippen LogP contribution in [0.4, 0.5) is 5.69 Å². The Hall–Kier alpha value is -3.61. The molecule has 0 unspecified atom stereocenters. The molecule has 146 valence electrons. The predicted molar refractivity (Wildman–Crippen MR) is 112 cm³/mol. The monoisotopic (exact) mass is 387 g/mol. The van der Waals surface area contributed by atoms with Gasteiger partial charge in [-0.3, -0.25) is 4.79 Å². The van der Waals surface area contributed by atoms with Crippen molar-refractivity contribution in [3.8, 4) is 5.88 Å². The van der Waals surface area contributed by atoms with Crippen molar-refractivity contribution in [2.24, 2.45) is 0 Å². The van der Waals surface area contributed by atoms with E-state index in [-0.39, 0.29) is 5.91 Å². The van der Waals surface area contributed by atoms with Crippen LogP contribution in [0.3, 0.4) is 0 Å². The molecule has 0 bridgehead atoms. The second-order valence-corrected chi connectivity index (χ2v) is 7.13. The molecule has 4 heterocycles. The number of hydrogen-bond acceptors (Lipinski definition) is 5. The summed E-state index contributed by atoms with van der Waals surface area (Å²) in [5.41, 5.74) is 3.71. The van der Waals surface area contributed by atoms with Gasteiger partial charge in [0.25, 0.3) is 5.91 Å². The summed E-state index contributed by atoms with van der Waals surface area (Å²) in [6.45, 7) is 2.93. The summed E-state index contributed by atoms with van der Waals surface area (Å²) in [5.74, 6) is 0.661. The molecule has 4 aromatic rings. The number of pyridine rings is 1.